The van der Waals surface area contributed by atoms with E-state index >= 15 is 0 Å². The molecule has 1 aromatic rings. The Morgan fingerprint density at radius 3 is 2.46 bits per heavy atom. The molecule has 1 saturated carbocycles. The van der Waals surface area contributed by atoms with Gasteiger partial charge in [0.05, 0.1) is 5.54 Å². The van der Waals surface area contributed by atoms with Crippen molar-refractivity contribution in [2.45, 2.75) is 89.4 Å². The molecule has 3 heteroatoms. The third kappa shape index (κ3) is 4.50. The SMILES string of the molecule is CCCCCCCCN1C(N)N/C(=C\c2ccccc2)C12CCCCC2. The van der Waals surface area contributed by atoms with Crippen molar-refractivity contribution in [3.8, 4) is 0 Å². The van der Waals surface area contributed by atoms with Gasteiger partial charge >= 0.3 is 0 Å². The summed E-state index contributed by atoms with van der Waals surface area (Å²) < 4.78 is 0. The van der Waals surface area contributed by atoms with Crippen molar-refractivity contribution < 1.29 is 0 Å². The number of nitrogens with zero attached hydrogens (tertiary/aromatic N) is 1. The average molecular weight is 356 g/mol. The maximum atomic E-state index is 6.56. The van der Waals surface area contributed by atoms with E-state index in [4.69, 9.17) is 5.73 Å². The van der Waals surface area contributed by atoms with Crippen molar-refractivity contribution in [2.75, 3.05) is 6.54 Å². The van der Waals surface area contributed by atoms with Gasteiger partial charge in [0.15, 0.2) is 0 Å². The zero-order chi connectivity index (χ0) is 18.2. The molecule has 144 valence electrons. The second-order valence-corrected chi connectivity index (χ2v) is 8.11. The Hall–Kier alpha value is -1.32. The van der Waals surface area contributed by atoms with Crippen LogP contribution in [0.15, 0.2) is 36.0 Å². The quantitative estimate of drug-likeness (QED) is 0.627. The summed E-state index contributed by atoms with van der Waals surface area (Å²) in [6, 6.07) is 10.7. The maximum absolute atomic E-state index is 6.56. The molecule has 3 rings (SSSR count). The third-order valence-electron chi connectivity index (χ3n) is 6.23. The first-order valence-electron chi connectivity index (χ1n) is 10.8. The highest BCUT2D eigenvalue weighted by Gasteiger charge is 2.48. The van der Waals surface area contributed by atoms with E-state index < -0.39 is 0 Å². The highest BCUT2D eigenvalue weighted by atomic mass is 15.4. The van der Waals surface area contributed by atoms with E-state index in [1.54, 1.807) is 0 Å². The first-order chi connectivity index (χ1) is 12.8. The molecule has 1 aliphatic carbocycles. The van der Waals surface area contributed by atoms with Crippen LogP contribution >= 0.6 is 0 Å². The third-order valence-corrected chi connectivity index (χ3v) is 6.23. The molecule has 0 bridgehead atoms. The topological polar surface area (TPSA) is 41.3 Å². The van der Waals surface area contributed by atoms with Gasteiger partial charge in [0.1, 0.15) is 6.29 Å². The highest BCUT2D eigenvalue weighted by molar-refractivity contribution is 5.56. The number of unbranched alkanes of at least 4 members (excludes halogenated alkanes) is 5. The fraction of sp³-hybridized carbons (Fsp3) is 0.652. The van der Waals surface area contributed by atoms with E-state index in [0.717, 1.165) is 6.54 Å². The second-order valence-electron chi connectivity index (χ2n) is 8.11. The number of nitrogens with one attached hydrogen (secondary N) is 1. The van der Waals surface area contributed by atoms with E-state index in [1.165, 1.54) is 81.9 Å². The zero-order valence-corrected chi connectivity index (χ0v) is 16.6. The molecule has 1 spiro atoms. The summed E-state index contributed by atoms with van der Waals surface area (Å²) in [5, 5.41) is 3.64. The molecule has 0 aromatic heterocycles. The molecule has 26 heavy (non-hydrogen) atoms. The number of hydrogen-bond acceptors (Lipinski definition) is 3. The van der Waals surface area contributed by atoms with Crippen LogP contribution in [0.2, 0.25) is 0 Å². The molecule has 1 aromatic carbocycles. The van der Waals surface area contributed by atoms with E-state index in [2.05, 4.69) is 53.5 Å². The molecule has 1 aliphatic heterocycles. The van der Waals surface area contributed by atoms with Gasteiger partial charge in [0.25, 0.3) is 0 Å². The van der Waals surface area contributed by atoms with Gasteiger partial charge in [-0.15, -0.1) is 0 Å². The Morgan fingerprint density at radius 1 is 1.04 bits per heavy atom. The molecule has 1 heterocycles. The maximum Gasteiger partial charge on any atom is 0.132 e. The predicted molar refractivity (Wildman–Crippen MR) is 111 cm³/mol. The molecule has 1 unspecified atom stereocenters. The molecule has 2 fully saturated rings. The van der Waals surface area contributed by atoms with Gasteiger partial charge in [-0.05, 0) is 30.9 Å². The first kappa shape index (κ1) is 19.4. The Kier molecular flexibility index (Phi) is 7.15. The largest absolute Gasteiger partial charge is 0.359 e. The number of nitrogens with two attached hydrogens (primary N) is 1. The summed E-state index contributed by atoms with van der Waals surface area (Å²) >= 11 is 0. The molecule has 0 amide bonds. The lowest BCUT2D eigenvalue weighted by Crippen LogP contribution is -2.53. The van der Waals surface area contributed by atoms with Crippen molar-refractivity contribution in [1.82, 2.24) is 10.2 Å². The summed E-state index contributed by atoms with van der Waals surface area (Å²) in [4.78, 5) is 2.58. The normalized spacial score (nSPS) is 24.2. The van der Waals surface area contributed by atoms with Crippen LogP contribution in [0.4, 0.5) is 0 Å². The van der Waals surface area contributed by atoms with Crippen molar-refractivity contribution in [3.05, 3.63) is 41.6 Å². The Balaban J connectivity index is 1.70. The van der Waals surface area contributed by atoms with Crippen LogP contribution in [0.25, 0.3) is 6.08 Å². The van der Waals surface area contributed by atoms with Crippen LogP contribution in [0.1, 0.15) is 83.1 Å². The van der Waals surface area contributed by atoms with Crippen LogP contribution in [-0.2, 0) is 0 Å². The lowest BCUT2D eigenvalue weighted by Gasteiger charge is -2.42. The van der Waals surface area contributed by atoms with Crippen molar-refractivity contribution in [3.63, 3.8) is 0 Å². The molecular weight excluding hydrogens is 318 g/mol. The minimum absolute atomic E-state index is 0.0429. The highest BCUT2D eigenvalue weighted by Crippen LogP contribution is 2.43. The fourth-order valence-electron chi connectivity index (χ4n) is 4.79. The van der Waals surface area contributed by atoms with Crippen LogP contribution in [0.3, 0.4) is 0 Å². The van der Waals surface area contributed by atoms with Gasteiger partial charge < -0.3 is 5.32 Å². The zero-order valence-electron chi connectivity index (χ0n) is 16.6. The first-order valence-corrected chi connectivity index (χ1v) is 10.8. The van der Waals surface area contributed by atoms with E-state index in [-0.39, 0.29) is 11.8 Å². The van der Waals surface area contributed by atoms with Crippen LogP contribution in [0.5, 0.6) is 0 Å². The predicted octanol–water partition coefficient (Wildman–Crippen LogP) is 5.24. The minimum Gasteiger partial charge on any atom is -0.359 e. The van der Waals surface area contributed by atoms with Gasteiger partial charge in [-0.1, -0.05) is 88.6 Å². The Labute approximate surface area is 160 Å². The average Bonchev–Trinajstić information content (AvgIpc) is 2.91. The van der Waals surface area contributed by atoms with E-state index in [1.807, 2.05) is 0 Å². The molecule has 3 nitrogen and oxygen atoms in total. The fourth-order valence-corrected chi connectivity index (χ4v) is 4.79. The summed E-state index contributed by atoms with van der Waals surface area (Å²) in [6.45, 7) is 3.40. The Bertz CT molecular complexity index is 560. The molecule has 1 saturated heterocycles. The van der Waals surface area contributed by atoms with E-state index in [0.29, 0.717) is 0 Å². The van der Waals surface area contributed by atoms with Crippen molar-refractivity contribution >= 4 is 6.08 Å². The molecular formula is C23H37N3. The molecule has 1 atom stereocenters. The van der Waals surface area contributed by atoms with Gasteiger partial charge in [-0.25, -0.2) is 0 Å². The Morgan fingerprint density at radius 2 is 1.73 bits per heavy atom. The standard InChI is InChI=1S/C23H37N3/c1-2-3-4-5-6-13-18-26-22(24)25-21(19-20-14-9-7-10-15-20)23(26)16-11-8-12-17-23/h7,9-10,14-15,19,22,25H,2-6,8,11-13,16-18,24H2,1H3/b21-19-. The lowest BCUT2D eigenvalue weighted by molar-refractivity contribution is 0.0786. The van der Waals surface area contributed by atoms with Crippen LogP contribution < -0.4 is 11.1 Å². The van der Waals surface area contributed by atoms with Gasteiger partial charge in [-0.2, -0.15) is 0 Å². The minimum atomic E-state index is -0.0429. The van der Waals surface area contributed by atoms with E-state index in [9.17, 15) is 0 Å². The summed E-state index contributed by atoms with van der Waals surface area (Å²) in [7, 11) is 0. The van der Waals surface area contributed by atoms with Crippen LogP contribution in [0, 0.1) is 0 Å². The number of benzene rings is 1. The number of rotatable bonds is 8. The molecule has 2 aliphatic rings. The van der Waals surface area contributed by atoms with Crippen molar-refractivity contribution in [2.24, 2.45) is 5.73 Å². The molecule has 0 radical (unpaired) electrons. The summed E-state index contributed by atoms with van der Waals surface area (Å²) in [6.07, 6.45) is 16.8. The smallest absolute Gasteiger partial charge is 0.132 e. The summed E-state index contributed by atoms with van der Waals surface area (Å²) in [5.74, 6) is 0. The van der Waals surface area contributed by atoms with Gasteiger partial charge in [0.2, 0.25) is 0 Å². The molecule has 3 N–H and O–H groups in total. The number of hydrogen-bond donors (Lipinski definition) is 2. The van der Waals surface area contributed by atoms with Gasteiger partial charge in [-0.3, -0.25) is 10.6 Å². The summed E-state index contributed by atoms with van der Waals surface area (Å²) in [5.41, 5.74) is 9.32. The second kappa shape index (κ2) is 9.57. The van der Waals surface area contributed by atoms with Gasteiger partial charge in [0, 0.05) is 12.2 Å². The monoisotopic (exact) mass is 355 g/mol. The lowest BCUT2D eigenvalue weighted by atomic mass is 9.78. The van der Waals surface area contributed by atoms with Crippen molar-refractivity contribution in [1.29, 1.82) is 0 Å². The van der Waals surface area contributed by atoms with Crippen LogP contribution in [-0.4, -0.2) is 23.3 Å².